The van der Waals surface area contributed by atoms with Gasteiger partial charge < -0.3 is 20.0 Å². The summed E-state index contributed by atoms with van der Waals surface area (Å²) >= 11 is 0. The van der Waals surface area contributed by atoms with E-state index in [1.165, 1.54) is 6.26 Å². The predicted molar refractivity (Wildman–Crippen MR) is 93.2 cm³/mol. The van der Waals surface area contributed by atoms with Crippen molar-refractivity contribution in [3.05, 3.63) is 42.0 Å². The number of anilines is 2. The Labute approximate surface area is 144 Å². The smallest absolute Gasteiger partial charge is 0.319 e. The van der Waals surface area contributed by atoms with Crippen LogP contribution in [0.15, 0.2) is 35.1 Å². The van der Waals surface area contributed by atoms with Gasteiger partial charge in [-0.25, -0.2) is 9.78 Å². The van der Waals surface area contributed by atoms with Crippen molar-refractivity contribution in [2.75, 3.05) is 24.3 Å². The van der Waals surface area contributed by atoms with Gasteiger partial charge in [-0.1, -0.05) is 6.07 Å². The van der Waals surface area contributed by atoms with E-state index in [9.17, 15) is 4.79 Å². The molecule has 0 fully saturated rings. The van der Waals surface area contributed by atoms with Crippen LogP contribution in [0.4, 0.5) is 16.4 Å². The molecule has 0 aliphatic rings. The van der Waals surface area contributed by atoms with Crippen LogP contribution in [0, 0.1) is 6.92 Å². The summed E-state index contributed by atoms with van der Waals surface area (Å²) in [6, 6.07) is 5.19. The average Bonchev–Trinajstić information content (AvgIpc) is 3.26. The first-order chi connectivity index (χ1) is 12.0. The van der Waals surface area contributed by atoms with Gasteiger partial charge in [0.05, 0.1) is 12.7 Å². The molecule has 9 heteroatoms. The number of amides is 2. The second-order valence-electron chi connectivity index (χ2n) is 5.65. The van der Waals surface area contributed by atoms with E-state index in [1.807, 2.05) is 39.2 Å². The molecule has 0 unspecified atom stereocenters. The molecule has 0 aliphatic carbocycles. The van der Waals surface area contributed by atoms with E-state index >= 15 is 0 Å². The van der Waals surface area contributed by atoms with Gasteiger partial charge in [-0.2, -0.15) is 4.98 Å². The molecule has 0 spiro atoms. The van der Waals surface area contributed by atoms with Crippen LogP contribution in [-0.2, 0) is 6.54 Å². The number of aromatic nitrogens is 4. The molecule has 130 valence electrons. The maximum Gasteiger partial charge on any atom is 0.319 e. The number of carbonyl (C=O) groups excluding carboxylic acids is 1. The molecule has 0 atom stereocenters. The average molecular weight is 341 g/mol. The lowest BCUT2D eigenvalue weighted by atomic mass is 10.1. The van der Waals surface area contributed by atoms with Crippen LogP contribution in [0.3, 0.4) is 0 Å². The predicted octanol–water partition coefficient (Wildman–Crippen LogP) is 2.16. The summed E-state index contributed by atoms with van der Waals surface area (Å²) in [6.07, 6.45) is 3.10. The molecule has 0 saturated carbocycles. The van der Waals surface area contributed by atoms with Crippen molar-refractivity contribution in [1.82, 2.24) is 25.5 Å². The molecule has 3 aromatic rings. The lowest BCUT2D eigenvalue weighted by Gasteiger charge is -2.09. The van der Waals surface area contributed by atoms with Gasteiger partial charge in [-0.15, -0.1) is 5.10 Å². The van der Waals surface area contributed by atoms with Gasteiger partial charge in [0.2, 0.25) is 11.8 Å². The number of H-pyrrole nitrogens is 1. The molecule has 9 nitrogen and oxygen atoms in total. The van der Waals surface area contributed by atoms with E-state index < -0.39 is 0 Å². The fourth-order valence-corrected chi connectivity index (χ4v) is 2.19. The lowest BCUT2D eigenvalue weighted by molar-refractivity contribution is 0.251. The molecule has 2 amide bonds. The van der Waals surface area contributed by atoms with E-state index in [4.69, 9.17) is 4.42 Å². The van der Waals surface area contributed by atoms with Crippen molar-refractivity contribution in [3.8, 4) is 11.5 Å². The maximum atomic E-state index is 12.1. The quantitative estimate of drug-likeness (QED) is 0.655. The molecular formula is C16H19N7O2. The van der Waals surface area contributed by atoms with Crippen molar-refractivity contribution in [2.45, 2.75) is 13.5 Å². The summed E-state index contributed by atoms with van der Waals surface area (Å²) < 4.78 is 5.32. The molecule has 25 heavy (non-hydrogen) atoms. The number of hydrogen-bond acceptors (Lipinski definition) is 6. The van der Waals surface area contributed by atoms with Crippen molar-refractivity contribution in [1.29, 1.82) is 0 Å². The fourth-order valence-electron chi connectivity index (χ4n) is 2.19. The van der Waals surface area contributed by atoms with Gasteiger partial charge in [0.15, 0.2) is 0 Å². The van der Waals surface area contributed by atoms with Gasteiger partial charge >= 0.3 is 6.03 Å². The maximum absolute atomic E-state index is 12.1. The second kappa shape index (κ2) is 7.04. The molecule has 3 rings (SSSR count). The van der Waals surface area contributed by atoms with Gasteiger partial charge in [0.25, 0.3) is 0 Å². The molecule has 1 aromatic carbocycles. The van der Waals surface area contributed by atoms with Crippen molar-refractivity contribution >= 4 is 17.7 Å². The minimum atomic E-state index is -0.343. The molecular weight excluding hydrogens is 322 g/mol. The van der Waals surface area contributed by atoms with Crippen molar-refractivity contribution in [2.24, 2.45) is 0 Å². The summed E-state index contributed by atoms with van der Waals surface area (Å²) in [5.41, 5.74) is 2.47. The summed E-state index contributed by atoms with van der Waals surface area (Å²) in [6.45, 7) is 2.20. The van der Waals surface area contributed by atoms with Crippen molar-refractivity contribution < 1.29 is 9.21 Å². The van der Waals surface area contributed by atoms with Crippen LogP contribution in [0.1, 0.15) is 11.4 Å². The Morgan fingerprint density at radius 1 is 1.36 bits per heavy atom. The van der Waals surface area contributed by atoms with Crippen LogP contribution in [0.25, 0.3) is 11.5 Å². The molecule has 0 radical (unpaired) electrons. The molecule has 0 saturated heterocycles. The third kappa shape index (κ3) is 3.94. The second-order valence-corrected chi connectivity index (χ2v) is 5.65. The number of urea groups is 1. The third-order valence-corrected chi connectivity index (χ3v) is 3.49. The minimum Gasteiger partial charge on any atom is -0.445 e. The summed E-state index contributed by atoms with van der Waals surface area (Å²) in [4.78, 5) is 22.2. The Bertz CT molecular complexity index is 855. The van der Waals surface area contributed by atoms with Crippen LogP contribution in [0.2, 0.25) is 0 Å². The number of aryl methyl sites for hydroxylation is 1. The van der Waals surface area contributed by atoms with E-state index in [0.717, 1.165) is 11.1 Å². The largest absolute Gasteiger partial charge is 0.445 e. The highest BCUT2D eigenvalue weighted by Gasteiger charge is 2.10. The Morgan fingerprint density at radius 2 is 2.20 bits per heavy atom. The zero-order chi connectivity index (χ0) is 17.8. The van der Waals surface area contributed by atoms with Crippen molar-refractivity contribution in [3.63, 3.8) is 0 Å². The van der Waals surface area contributed by atoms with Crippen LogP contribution >= 0.6 is 0 Å². The Balaban J connectivity index is 1.62. The lowest BCUT2D eigenvalue weighted by Crippen LogP contribution is -2.28. The van der Waals surface area contributed by atoms with Gasteiger partial charge in [0.1, 0.15) is 12.1 Å². The zero-order valence-electron chi connectivity index (χ0n) is 14.2. The Kier molecular flexibility index (Phi) is 4.64. The number of rotatable bonds is 5. The summed E-state index contributed by atoms with van der Waals surface area (Å²) in [5.74, 6) is 1.65. The number of oxazole rings is 1. The topological polar surface area (TPSA) is 112 Å². The highest BCUT2D eigenvalue weighted by Crippen LogP contribution is 2.25. The Hall–Kier alpha value is -3.36. The number of nitrogens with zero attached hydrogens (tertiary/aromatic N) is 4. The van der Waals surface area contributed by atoms with Crippen LogP contribution < -0.4 is 15.5 Å². The minimum absolute atomic E-state index is 0.241. The van der Waals surface area contributed by atoms with E-state index in [-0.39, 0.29) is 12.6 Å². The first-order valence-electron chi connectivity index (χ1n) is 7.67. The molecule has 3 N–H and O–H groups in total. The van der Waals surface area contributed by atoms with Gasteiger partial charge in [-0.05, 0) is 24.6 Å². The number of benzene rings is 1. The van der Waals surface area contributed by atoms with E-state index in [2.05, 4.69) is 30.8 Å². The Morgan fingerprint density at radius 3 is 2.88 bits per heavy atom. The number of hydrogen-bond donors (Lipinski definition) is 3. The molecule has 0 bridgehead atoms. The SMILES string of the molecule is Cc1ccc(NC(=O)NCc2nc(N(C)C)n[nH]2)cc1-c1ncco1. The summed E-state index contributed by atoms with van der Waals surface area (Å²) in [5, 5.41) is 12.3. The molecule has 0 aliphatic heterocycles. The van der Waals surface area contributed by atoms with Gasteiger partial charge in [-0.3, -0.25) is 5.10 Å². The first-order valence-corrected chi connectivity index (χ1v) is 7.67. The fraction of sp³-hybridized carbons (Fsp3) is 0.250. The third-order valence-electron chi connectivity index (χ3n) is 3.49. The molecule has 2 heterocycles. The highest BCUT2D eigenvalue weighted by atomic mass is 16.3. The number of nitrogens with one attached hydrogen (secondary N) is 3. The zero-order valence-corrected chi connectivity index (χ0v) is 14.2. The highest BCUT2D eigenvalue weighted by molar-refractivity contribution is 5.90. The van der Waals surface area contributed by atoms with E-state index in [1.54, 1.807) is 11.1 Å². The van der Waals surface area contributed by atoms with Crippen LogP contribution in [-0.4, -0.2) is 40.3 Å². The first kappa shape index (κ1) is 16.5. The van der Waals surface area contributed by atoms with Gasteiger partial charge in [0, 0.05) is 25.3 Å². The molecule has 2 aromatic heterocycles. The number of carbonyl (C=O) groups is 1. The van der Waals surface area contributed by atoms with E-state index in [0.29, 0.717) is 23.4 Å². The summed E-state index contributed by atoms with van der Waals surface area (Å²) in [7, 11) is 3.69. The monoisotopic (exact) mass is 341 g/mol. The standard InChI is InChI=1S/C16H19N7O2/c1-10-4-5-11(8-12(10)14-17-6-7-25-14)19-16(24)18-9-13-20-15(22-21-13)23(2)3/h4-8H,9H2,1-3H3,(H2,18,19,24)(H,20,21,22). The normalized spacial score (nSPS) is 10.5. The van der Waals surface area contributed by atoms with Crippen LogP contribution in [0.5, 0.6) is 0 Å². The number of aromatic amines is 1.